The predicted molar refractivity (Wildman–Crippen MR) is 72.1 cm³/mol. The van der Waals surface area contributed by atoms with Crippen LogP contribution in [0.1, 0.15) is 39.5 Å². The van der Waals surface area contributed by atoms with Crippen LogP contribution in [0.25, 0.3) is 0 Å². The van der Waals surface area contributed by atoms with Crippen molar-refractivity contribution in [2.24, 2.45) is 5.92 Å². The second-order valence-electron chi connectivity index (χ2n) is 4.21. The molecule has 0 aliphatic carbocycles. The van der Waals surface area contributed by atoms with Crippen LogP contribution in [0.4, 0.5) is 0 Å². The molecule has 0 fully saturated rings. The minimum absolute atomic E-state index is 0.0853. The number of hydrogen-bond acceptors (Lipinski definition) is 1. The van der Waals surface area contributed by atoms with Crippen LogP contribution in [0.5, 0.6) is 0 Å². The summed E-state index contributed by atoms with van der Waals surface area (Å²) in [7, 11) is 0. The first-order chi connectivity index (χ1) is 8.16. The van der Waals surface area contributed by atoms with E-state index in [4.69, 9.17) is 6.42 Å². The molecule has 0 radical (unpaired) electrons. The number of unbranched alkanes of at least 4 members (excludes halogenated alkanes) is 2. The molecule has 1 amide bonds. The van der Waals surface area contributed by atoms with E-state index in [-0.39, 0.29) is 5.91 Å². The summed E-state index contributed by atoms with van der Waals surface area (Å²) < 4.78 is 0. The zero-order valence-corrected chi connectivity index (χ0v) is 10.8. The smallest absolute Gasteiger partial charge is 0.223 e. The molecular weight excluding hydrogens is 210 g/mol. The molecule has 2 nitrogen and oxygen atoms in total. The van der Waals surface area contributed by atoms with E-state index in [9.17, 15) is 4.79 Å². The maximum atomic E-state index is 11.3. The van der Waals surface area contributed by atoms with Gasteiger partial charge in [0.25, 0.3) is 0 Å². The van der Waals surface area contributed by atoms with Crippen molar-refractivity contribution < 1.29 is 4.79 Å². The Kier molecular flexibility index (Phi) is 9.77. The maximum Gasteiger partial charge on any atom is 0.223 e. The fraction of sp³-hybridized carbons (Fsp3) is 0.533. The third kappa shape index (κ3) is 12.3. The van der Waals surface area contributed by atoms with Crippen molar-refractivity contribution in [3.8, 4) is 24.2 Å². The van der Waals surface area contributed by atoms with Gasteiger partial charge in [0.2, 0.25) is 5.91 Å². The van der Waals surface area contributed by atoms with Gasteiger partial charge in [0.1, 0.15) is 0 Å². The Labute approximate surface area is 105 Å². The summed E-state index contributed by atoms with van der Waals surface area (Å²) in [6.45, 7) is 4.90. The molecule has 0 aromatic rings. The highest BCUT2D eigenvalue weighted by Gasteiger charge is 1.98. The summed E-state index contributed by atoms with van der Waals surface area (Å²) in [4.78, 5) is 11.3. The zero-order valence-electron chi connectivity index (χ0n) is 10.8. The molecule has 0 heterocycles. The van der Waals surface area contributed by atoms with E-state index < -0.39 is 0 Å². The van der Waals surface area contributed by atoms with E-state index in [0.29, 0.717) is 12.3 Å². The van der Waals surface area contributed by atoms with Crippen LogP contribution < -0.4 is 5.32 Å². The summed E-state index contributed by atoms with van der Waals surface area (Å²) in [5.41, 5.74) is 0. The Morgan fingerprint density at radius 1 is 1.41 bits per heavy atom. The van der Waals surface area contributed by atoms with Crippen LogP contribution in [0.15, 0.2) is 12.2 Å². The van der Waals surface area contributed by atoms with Gasteiger partial charge >= 0.3 is 0 Å². The molecular formula is C15H21NO. The first-order valence-electron chi connectivity index (χ1n) is 6.02. The summed E-state index contributed by atoms with van der Waals surface area (Å²) >= 11 is 0. The molecule has 1 N–H and O–H groups in total. The van der Waals surface area contributed by atoms with Gasteiger partial charge in [-0.05, 0) is 30.6 Å². The number of allylic oxidation sites excluding steroid dienone is 1. The van der Waals surface area contributed by atoms with Crippen molar-refractivity contribution in [2.75, 3.05) is 6.54 Å². The summed E-state index contributed by atoms with van der Waals surface area (Å²) in [5.74, 6) is 8.30. The van der Waals surface area contributed by atoms with Crippen LogP contribution in [-0.4, -0.2) is 12.5 Å². The maximum absolute atomic E-state index is 11.3. The Bertz CT molecular complexity index is 336. The van der Waals surface area contributed by atoms with Crippen LogP contribution in [0, 0.1) is 30.1 Å². The van der Waals surface area contributed by atoms with Crippen molar-refractivity contribution in [3.05, 3.63) is 12.2 Å². The van der Waals surface area contributed by atoms with Crippen molar-refractivity contribution in [2.45, 2.75) is 39.5 Å². The number of amides is 1. The molecule has 0 aliphatic rings. The van der Waals surface area contributed by atoms with Crippen molar-refractivity contribution in [1.82, 2.24) is 5.32 Å². The van der Waals surface area contributed by atoms with Gasteiger partial charge in [0.05, 0.1) is 0 Å². The molecule has 0 aromatic carbocycles. The van der Waals surface area contributed by atoms with Crippen LogP contribution in [0.2, 0.25) is 0 Å². The number of nitrogens with one attached hydrogen (secondary N) is 1. The van der Waals surface area contributed by atoms with Gasteiger partial charge in [-0.2, -0.15) is 0 Å². The average molecular weight is 231 g/mol. The lowest BCUT2D eigenvalue weighted by Gasteiger charge is -2.05. The van der Waals surface area contributed by atoms with Gasteiger partial charge in [-0.25, -0.2) is 0 Å². The Morgan fingerprint density at radius 3 is 2.82 bits per heavy atom. The van der Waals surface area contributed by atoms with Gasteiger partial charge in [-0.15, -0.1) is 6.42 Å². The van der Waals surface area contributed by atoms with E-state index in [1.54, 1.807) is 0 Å². The quantitative estimate of drug-likeness (QED) is 0.407. The number of terminal acetylenes is 1. The van der Waals surface area contributed by atoms with Gasteiger partial charge in [0, 0.05) is 19.4 Å². The minimum Gasteiger partial charge on any atom is -0.356 e. The number of carbonyl (C=O) groups is 1. The van der Waals surface area contributed by atoms with E-state index in [1.165, 1.54) is 0 Å². The topological polar surface area (TPSA) is 29.1 Å². The van der Waals surface area contributed by atoms with Gasteiger partial charge < -0.3 is 5.32 Å². The van der Waals surface area contributed by atoms with Gasteiger partial charge in [-0.1, -0.05) is 31.9 Å². The molecule has 0 atom stereocenters. The highest BCUT2D eigenvalue weighted by Crippen LogP contribution is 1.96. The normalized spacial score (nSPS) is 9.76. The SMILES string of the molecule is C#CC#CCCCC=CCC(=O)NCC(C)C. The Hall–Kier alpha value is -1.67. The second kappa shape index (κ2) is 10.8. The first kappa shape index (κ1) is 15.3. The molecule has 0 unspecified atom stereocenters. The van der Waals surface area contributed by atoms with E-state index in [2.05, 4.69) is 36.9 Å². The predicted octanol–water partition coefficient (Wildman–Crippen LogP) is 2.51. The molecule has 0 aromatic heterocycles. The minimum atomic E-state index is 0.0853. The molecule has 17 heavy (non-hydrogen) atoms. The molecule has 0 saturated carbocycles. The highest BCUT2D eigenvalue weighted by atomic mass is 16.1. The van der Waals surface area contributed by atoms with E-state index >= 15 is 0 Å². The van der Waals surface area contributed by atoms with Crippen molar-refractivity contribution >= 4 is 5.91 Å². The fourth-order valence-electron chi connectivity index (χ4n) is 1.12. The average Bonchev–Trinajstić information content (AvgIpc) is 2.30. The second-order valence-corrected chi connectivity index (χ2v) is 4.21. The summed E-state index contributed by atoms with van der Waals surface area (Å²) in [6.07, 6.45) is 12.1. The summed E-state index contributed by atoms with van der Waals surface area (Å²) in [6, 6.07) is 0. The molecule has 92 valence electrons. The molecule has 2 heteroatoms. The first-order valence-corrected chi connectivity index (χ1v) is 6.02. The largest absolute Gasteiger partial charge is 0.356 e. The number of rotatable bonds is 7. The van der Waals surface area contributed by atoms with E-state index in [0.717, 1.165) is 25.8 Å². The third-order valence-electron chi connectivity index (χ3n) is 2.01. The lowest BCUT2D eigenvalue weighted by atomic mass is 10.2. The van der Waals surface area contributed by atoms with Crippen LogP contribution in [-0.2, 0) is 4.79 Å². The lowest BCUT2D eigenvalue weighted by Crippen LogP contribution is -2.26. The van der Waals surface area contributed by atoms with Crippen LogP contribution >= 0.6 is 0 Å². The molecule has 0 spiro atoms. The molecule has 0 bridgehead atoms. The lowest BCUT2D eigenvalue weighted by molar-refractivity contribution is -0.120. The Morgan fingerprint density at radius 2 is 2.18 bits per heavy atom. The monoisotopic (exact) mass is 231 g/mol. The Balaban J connectivity index is 3.47. The zero-order chi connectivity index (χ0) is 12.9. The van der Waals surface area contributed by atoms with Crippen molar-refractivity contribution in [3.63, 3.8) is 0 Å². The molecule has 0 saturated heterocycles. The molecule has 0 aliphatic heterocycles. The van der Waals surface area contributed by atoms with Gasteiger partial charge in [-0.3, -0.25) is 4.79 Å². The van der Waals surface area contributed by atoms with E-state index in [1.807, 2.05) is 12.2 Å². The van der Waals surface area contributed by atoms with Gasteiger partial charge in [0.15, 0.2) is 0 Å². The van der Waals surface area contributed by atoms with Crippen LogP contribution in [0.3, 0.4) is 0 Å². The summed E-state index contributed by atoms with van der Waals surface area (Å²) in [5, 5.41) is 2.87. The number of hydrogen-bond donors (Lipinski definition) is 1. The fourth-order valence-corrected chi connectivity index (χ4v) is 1.12. The molecule has 0 rings (SSSR count). The highest BCUT2D eigenvalue weighted by molar-refractivity contribution is 5.77. The number of carbonyl (C=O) groups excluding carboxylic acids is 1. The third-order valence-corrected chi connectivity index (χ3v) is 2.01. The van der Waals surface area contributed by atoms with Crippen molar-refractivity contribution in [1.29, 1.82) is 0 Å². The standard InChI is InChI=1S/C15H21NO/c1-4-5-6-7-8-9-10-11-12-15(17)16-13-14(2)3/h1,10-11,14H,7-9,12-13H2,2-3H3,(H,16,17).